The number of hydrogen-bond donors (Lipinski definition) is 1. The molecule has 3 fully saturated rings. The number of methoxy groups -OCH3 is 1. The summed E-state index contributed by atoms with van der Waals surface area (Å²) in [6.45, 7) is 5.47. The van der Waals surface area contributed by atoms with E-state index in [1.807, 2.05) is 7.11 Å². The molecule has 0 bridgehead atoms. The summed E-state index contributed by atoms with van der Waals surface area (Å²) in [6, 6.07) is 0. The van der Waals surface area contributed by atoms with Crippen LogP contribution >= 0.6 is 0 Å². The van der Waals surface area contributed by atoms with Crippen LogP contribution in [0.15, 0.2) is 23.0 Å². The van der Waals surface area contributed by atoms with Crippen LogP contribution in [0.3, 0.4) is 0 Å². The van der Waals surface area contributed by atoms with Crippen molar-refractivity contribution < 1.29 is 9.84 Å². The van der Waals surface area contributed by atoms with Gasteiger partial charge >= 0.3 is 0 Å². The van der Waals surface area contributed by atoms with Crippen LogP contribution < -0.4 is 0 Å². The molecular formula is C22H32O2. The number of rotatable bonds is 2. The standard InChI is InChI=1S/C22H32O2/c1-13-8-14-9-17(24-3)4-5-18(14)19-6-7-21(2)16(12-23)10-15-11-22(15,21)20(13)19/h4,13,15-16,19-20,23H,5-12H2,1-3H3/t13-,15-,16-,19-,20-,21-,22-/m1/s1. The molecule has 5 rings (SSSR count). The first-order valence-corrected chi connectivity index (χ1v) is 10.1. The van der Waals surface area contributed by atoms with E-state index >= 15 is 0 Å². The van der Waals surface area contributed by atoms with Gasteiger partial charge in [-0.25, -0.2) is 0 Å². The van der Waals surface area contributed by atoms with E-state index in [2.05, 4.69) is 19.9 Å². The molecular weight excluding hydrogens is 296 g/mol. The lowest BCUT2D eigenvalue weighted by atomic mass is 9.48. The van der Waals surface area contributed by atoms with Crippen LogP contribution in [0, 0.1) is 40.4 Å². The van der Waals surface area contributed by atoms with Crippen LogP contribution in [-0.2, 0) is 4.74 Å². The molecule has 5 aliphatic rings. The van der Waals surface area contributed by atoms with Gasteiger partial charge in [-0.1, -0.05) is 25.0 Å². The summed E-state index contributed by atoms with van der Waals surface area (Å²) >= 11 is 0. The summed E-state index contributed by atoms with van der Waals surface area (Å²) in [6.07, 6.45) is 11.2. The lowest BCUT2D eigenvalue weighted by Gasteiger charge is -2.56. The smallest absolute Gasteiger partial charge is 0.0959 e. The number of hydrogen-bond acceptors (Lipinski definition) is 2. The van der Waals surface area contributed by atoms with Gasteiger partial charge in [0.05, 0.1) is 12.9 Å². The molecule has 2 heteroatoms. The minimum atomic E-state index is 0.405. The number of aliphatic hydroxyl groups is 1. The van der Waals surface area contributed by atoms with Gasteiger partial charge in [-0.3, -0.25) is 0 Å². The zero-order valence-electron chi connectivity index (χ0n) is 15.5. The summed E-state index contributed by atoms with van der Waals surface area (Å²) in [7, 11) is 1.82. The molecule has 0 aromatic rings. The molecule has 0 saturated heterocycles. The summed E-state index contributed by atoms with van der Waals surface area (Å²) in [5, 5.41) is 9.98. The fourth-order valence-electron chi connectivity index (χ4n) is 8.17. The molecule has 24 heavy (non-hydrogen) atoms. The number of fused-ring (bicyclic) bond motifs is 2. The molecule has 0 aromatic heterocycles. The van der Waals surface area contributed by atoms with E-state index in [4.69, 9.17) is 4.74 Å². The van der Waals surface area contributed by atoms with Crippen molar-refractivity contribution in [1.82, 2.24) is 0 Å². The number of aliphatic hydroxyl groups excluding tert-OH is 1. The Morgan fingerprint density at radius 2 is 2.21 bits per heavy atom. The van der Waals surface area contributed by atoms with Gasteiger partial charge in [-0.2, -0.15) is 0 Å². The summed E-state index contributed by atoms with van der Waals surface area (Å²) in [4.78, 5) is 0. The molecule has 0 amide bonds. The van der Waals surface area contributed by atoms with Crippen molar-refractivity contribution in [3.63, 3.8) is 0 Å². The van der Waals surface area contributed by atoms with Gasteiger partial charge in [-0.15, -0.1) is 0 Å². The van der Waals surface area contributed by atoms with E-state index in [1.54, 1.807) is 11.1 Å². The predicted molar refractivity (Wildman–Crippen MR) is 95.2 cm³/mol. The van der Waals surface area contributed by atoms with Crippen LogP contribution in [0.4, 0.5) is 0 Å². The maximum Gasteiger partial charge on any atom is 0.0959 e. The quantitative estimate of drug-likeness (QED) is 0.745. The lowest BCUT2D eigenvalue weighted by Crippen LogP contribution is -2.50. The second kappa shape index (κ2) is 4.90. The Morgan fingerprint density at radius 1 is 1.38 bits per heavy atom. The predicted octanol–water partition coefficient (Wildman–Crippen LogP) is 4.70. The Hall–Kier alpha value is -0.760. The fraction of sp³-hybridized carbons (Fsp3) is 0.818. The van der Waals surface area contributed by atoms with Crippen molar-refractivity contribution in [2.45, 2.75) is 58.8 Å². The van der Waals surface area contributed by atoms with E-state index in [1.165, 1.54) is 37.9 Å². The Labute approximate surface area is 146 Å². The van der Waals surface area contributed by atoms with E-state index in [0.717, 1.165) is 36.5 Å². The van der Waals surface area contributed by atoms with Crippen molar-refractivity contribution in [2.75, 3.05) is 13.7 Å². The SMILES string of the molecule is COC1=CCC2=C(C1)C[C@@H](C)[C@@H]1[C@@H]2CC[C@]2(C)[C@@H](CO)C[C@@H]3C[C@@]312. The van der Waals surface area contributed by atoms with Gasteiger partial charge < -0.3 is 9.84 Å². The summed E-state index contributed by atoms with van der Waals surface area (Å²) in [5.74, 6) is 5.13. The normalized spacial score (nSPS) is 52.0. The Morgan fingerprint density at radius 3 is 2.96 bits per heavy atom. The monoisotopic (exact) mass is 328 g/mol. The third kappa shape index (κ3) is 1.67. The Kier molecular flexibility index (Phi) is 3.16. The van der Waals surface area contributed by atoms with Crippen molar-refractivity contribution in [1.29, 1.82) is 0 Å². The zero-order valence-corrected chi connectivity index (χ0v) is 15.5. The average molecular weight is 328 g/mol. The highest BCUT2D eigenvalue weighted by atomic mass is 16.5. The highest BCUT2D eigenvalue weighted by molar-refractivity contribution is 5.36. The second-order valence-electron chi connectivity index (χ2n) is 9.71. The number of allylic oxidation sites excluding steroid dienone is 3. The van der Waals surface area contributed by atoms with Crippen LogP contribution in [0.5, 0.6) is 0 Å². The third-order valence-electron chi connectivity index (χ3n) is 9.19. The van der Waals surface area contributed by atoms with Crippen LogP contribution in [0.2, 0.25) is 0 Å². The molecule has 0 aliphatic heterocycles. The maximum atomic E-state index is 9.98. The first kappa shape index (κ1) is 15.5. The van der Waals surface area contributed by atoms with Gasteiger partial charge in [0.15, 0.2) is 0 Å². The zero-order chi connectivity index (χ0) is 16.7. The van der Waals surface area contributed by atoms with Gasteiger partial charge in [0, 0.05) is 13.0 Å². The third-order valence-corrected chi connectivity index (χ3v) is 9.19. The van der Waals surface area contributed by atoms with E-state index in [9.17, 15) is 5.11 Å². The maximum absolute atomic E-state index is 9.98. The van der Waals surface area contributed by atoms with E-state index in [0.29, 0.717) is 23.4 Å². The molecule has 0 heterocycles. The molecule has 0 radical (unpaired) electrons. The van der Waals surface area contributed by atoms with Crippen molar-refractivity contribution in [3.05, 3.63) is 23.0 Å². The molecule has 0 aromatic carbocycles. The molecule has 3 saturated carbocycles. The van der Waals surface area contributed by atoms with Gasteiger partial charge in [0.1, 0.15) is 0 Å². The molecule has 5 aliphatic carbocycles. The van der Waals surface area contributed by atoms with Gasteiger partial charge in [0.25, 0.3) is 0 Å². The molecule has 1 N–H and O–H groups in total. The molecule has 132 valence electrons. The molecule has 0 unspecified atom stereocenters. The Bertz CT molecular complexity index is 632. The van der Waals surface area contributed by atoms with Crippen LogP contribution in [0.1, 0.15) is 58.8 Å². The largest absolute Gasteiger partial charge is 0.501 e. The highest BCUT2D eigenvalue weighted by Gasteiger charge is 2.77. The molecule has 1 spiro atoms. The minimum Gasteiger partial charge on any atom is -0.501 e. The van der Waals surface area contributed by atoms with Crippen molar-refractivity contribution >= 4 is 0 Å². The van der Waals surface area contributed by atoms with Crippen LogP contribution in [0.25, 0.3) is 0 Å². The average Bonchev–Trinajstić information content (AvgIpc) is 3.24. The van der Waals surface area contributed by atoms with E-state index in [-0.39, 0.29) is 0 Å². The Balaban J connectivity index is 1.52. The van der Waals surface area contributed by atoms with Crippen LogP contribution in [-0.4, -0.2) is 18.8 Å². The summed E-state index contributed by atoms with van der Waals surface area (Å²) in [5.41, 5.74) is 4.46. The topological polar surface area (TPSA) is 29.5 Å². The summed E-state index contributed by atoms with van der Waals surface area (Å²) < 4.78 is 5.55. The first-order valence-electron chi connectivity index (χ1n) is 10.1. The van der Waals surface area contributed by atoms with Crippen molar-refractivity contribution in [3.8, 4) is 0 Å². The first-order chi connectivity index (χ1) is 11.5. The second-order valence-corrected chi connectivity index (χ2v) is 9.71. The molecule has 2 nitrogen and oxygen atoms in total. The van der Waals surface area contributed by atoms with Crippen molar-refractivity contribution in [2.24, 2.45) is 40.4 Å². The highest BCUT2D eigenvalue weighted by Crippen LogP contribution is 2.83. The van der Waals surface area contributed by atoms with Gasteiger partial charge in [-0.05, 0) is 85.0 Å². The minimum absolute atomic E-state index is 0.405. The number of ether oxygens (including phenoxy) is 1. The lowest BCUT2D eigenvalue weighted by molar-refractivity contribution is -0.0562. The molecule has 7 atom stereocenters. The van der Waals surface area contributed by atoms with Gasteiger partial charge in [0.2, 0.25) is 0 Å². The van der Waals surface area contributed by atoms with E-state index < -0.39 is 0 Å². The fourth-order valence-corrected chi connectivity index (χ4v) is 8.17.